The number of nitrogens with zero attached hydrogens (tertiary/aromatic N) is 2. The van der Waals surface area contributed by atoms with E-state index in [4.69, 9.17) is 4.74 Å². The van der Waals surface area contributed by atoms with E-state index in [2.05, 4.69) is 16.4 Å². The third-order valence-electron chi connectivity index (χ3n) is 5.25. The number of carbonyl (C=O) groups excluding carboxylic acids is 1. The lowest BCUT2D eigenvalue weighted by molar-refractivity contribution is -0.123. The summed E-state index contributed by atoms with van der Waals surface area (Å²) in [5, 5.41) is 12.9. The van der Waals surface area contributed by atoms with Gasteiger partial charge in [-0.05, 0) is 48.9 Å². The minimum Gasteiger partial charge on any atom is -0.493 e. The van der Waals surface area contributed by atoms with E-state index in [0.717, 1.165) is 43.0 Å². The lowest BCUT2D eigenvalue weighted by atomic mass is 9.75. The molecule has 0 saturated heterocycles. The highest BCUT2D eigenvalue weighted by Gasteiger charge is 2.36. The minimum absolute atomic E-state index is 0.0377. The molecular formula is C19H23N3O3. The number of hydrogen-bond donors (Lipinski definition) is 2. The summed E-state index contributed by atoms with van der Waals surface area (Å²) in [4.78, 5) is 16.7. The van der Waals surface area contributed by atoms with Crippen LogP contribution >= 0.6 is 0 Å². The maximum atomic E-state index is 12.6. The summed E-state index contributed by atoms with van der Waals surface area (Å²) in [5.74, 6) is 1.99. The van der Waals surface area contributed by atoms with Gasteiger partial charge >= 0.3 is 0 Å². The van der Waals surface area contributed by atoms with Gasteiger partial charge in [-0.25, -0.2) is 4.98 Å². The van der Waals surface area contributed by atoms with Crippen LogP contribution in [0.1, 0.15) is 35.8 Å². The van der Waals surface area contributed by atoms with Gasteiger partial charge in [-0.3, -0.25) is 4.79 Å². The fraction of sp³-hybridized carbons (Fsp3) is 0.474. The molecule has 1 atom stereocenters. The lowest BCUT2D eigenvalue weighted by Crippen LogP contribution is -2.42. The van der Waals surface area contributed by atoms with Crippen LogP contribution in [0.25, 0.3) is 0 Å². The van der Waals surface area contributed by atoms with Crippen molar-refractivity contribution in [3.8, 4) is 5.75 Å². The molecule has 1 fully saturated rings. The summed E-state index contributed by atoms with van der Waals surface area (Å²) in [6, 6.07) is 6.08. The Bertz CT molecular complexity index is 780. The molecule has 0 unspecified atom stereocenters. The summed E-state index contributed by atoms with van der Waals surface area (Å²) in [6.07, 6.45) is 5.61. The van der Waals surface area contributed by atoms with Crippen molar-refractivity contribution in [1.82, 2.24) is 14.9 Å². The van der Waals surface area contributed by atoms with Crippen LogP contribution < -0.4 is 10.1 Å². The molecule has 6 heteroatoms. The summed E-state index contributed by atoms with van der Waals surface area (Å²) >= 11 is 0. The lowest BCUT2D eigenvalue weighted by Gasteiger charge is -2.38. The van der Waals surface area contributed by atoms with Gasteiger partial charge in [0.15, 0.2) is 0 Å². The Hall–Kier alpha value is -2.34. The average Bonchev–Trinajstić information content (AvgIpc) is 3.18. The largest absolute Gasteiger partial charge is 0.493 e. The second-order valence-electron chi connectivity index (χ2n) is 7.00. The van der Waals surface area contributed by atoms with Crippen LogP contribution in [0, 0.1) is 12.8 Å². The Balaban J connectivity index is 1.52. The van der Waals surface area contributed by atoms with Gasteiger partial charge < -0.3 is 19.7 Å². The smallest absolute Gasteiger partial charge is 0.240 e. The maximum Gasteiger partial charge on any atom is 0.240 e. The maximum absolute atomic E-state index is 12.6. The zero-order chi connectivity index (χ0) is 17.4. The highest BCUT2D eigenvalue weighted by atomic mass is 16.5. The second-order valence-corrected chi connectivity index (χ2v) is 7.00. The van der Waals surface area contributed by atoms with E-state index >= 15 is 0 Å². The SMILES string of the molecule is Cc1nccn1CC(=O)N[C@H](c1ccc2c(c1)CCO2)C1CC(O)C1. The number of aliphatic hydroxyl groups is 1. The van der Waals surface area contributed by atoms with Crippen LogP contribution in [-0.2, 0) is 17.8 Å². The van der Waals surface area contributed by atoms with Gasteiger partial charge in [-0.1, -0.05) is 6.07 Å². The van der Waals surface area contributed by atoms with Crippen molar-refractivity contribution in [1.29, 1.82) is 0 Å². The van der Waals surface area contributed by atoms with E-state index in [9.17, 15) is 9.90 Å². The fourth-order valence-electron chi connectivity index (χ4n) is 3.72. The van der Waals surface area contributed by atoms with Crippen molar-refractivity contribution in [3.63, 3.8) is 0 Å². The summed E-state index contributed by atoms with van der Waals surface area (Å²) in [7, 11) is 0. The Morgan fingerprint density at radius 3 is 3.04 bits per heavy atom. The van der Waals surface area contributed by atoms with Crippen molar-refractivity contribution >= 4 is 5.91 Å². The molecule has 1 saturated carbocycles. The predicted molar refractivity (Wildman–Crippen MR) is 92.2 cm³/mol. The predicted octanol–water partition coefficient (Wildman–Crippen LogP) is 1.75. The third-order valence-corrected chi connectivity index (χ3v) is 5.25. The Morgan fingerprint density at radius 1 is 1.48 bits per heavy atom. The number of nitrogens with one attached hydrogen (secondary N) is 1. The van der Waals surface area contributed by atoms with Gasteiger partial charge in [-0.2, -0.15) is 0 Å². The van der Waals surface area contributed by atoms with Crippen LogP contribution in [0.15, 0.2) is 30.6 Å². The molecule has 2 aliphatic rings. The quantitative estimate of drug-likeness (QED) is 0.869. The molecule has 1 aliphatic carbocycles. The first-order valence-electron chi connectivity index (χ1n) is 8.81. The van der Waals surface area contributed by atoms with Crippen LogP contribution in [0.3, 0.4) is 0 Å². The minimum atomic E-state index is -0.252. The molecule has 1 aliphatic heterocycles. The summed E-state index contributed by atoms with van der Waals surface area (Å²) in [6.45, 7) is 2.86. The summed E-state index contributed by atoms with van der Waals surface area (Å²) < 4.78 is 7.41. The van der Waals surface area contributed by atoms with Crippen molar-refractivity contribution in [3.05, 3.63) is 47.5 Å². The molecule has 0 bridgehead atoms. The molecule has 2 N–H and O–H groups in total. The first-order chi connectivity index (χ1) is 12.1. The highest BCUT2D eigenvalue weighted by molar-refractivity contribution is 5.76. The number of carbonyl (C=O) groups is 1. The van der Waals surface area contributed by atoms with Crippen molar-refractivity contribution in [2.75, 3.05) is 6.61 Å². The van der Waals surface area contributed by atoms with Crippen LogP contribution in [0.4, 0.5) is 0 Å². The number of rotatable bonds is 5. The number of ether oxygens (including phenoxy) is 1. The van der Waals surface area contributed by atoms with E-state index in [1.54, 1.807) is 6.20 Å². The third kappa shape index (κ3) is 3.26. The van der Waals surface area contributed by atoms with Gasteiger partial charge in [-0.15, -0.1) is 0 Å². The van der Waals surface area contributed by atoms with E-state index in [1.807, 2.05) is 29.8 Å². The molecule has 1 aromatic heterocycles. The topological polar surface area (TPSA) is 76.4 Å². The van der Waals surface area contributed by atoms with Crippen molar-refractivity contribution in [2.45, 2.75) is 44.9 Å². The highest BCUT2D eigenvalue weighted by Crippen LogP contribution is 2.39. The van der Waals surface area contributed by atoms with Gasteiger partial charge in [0.25, 0.3) is 0 Å². The normalized spacial score (nSPS) is 22.6. The molecule has 0 radical (unpaired) electrons. The van der Waals surface area contributed by atoms with Gasteiger partial charge in [0, 0.05) is 18.8 Å². The zero-order valence-electron chi connectivity index (χ0n) is 14.3. The van der Waals surface area contributed by atoms with Crippen molar-refractivity contribution in [2.24, 2.45) is 5.92 Å². The second kappa shape index (κ2) is 6.52. The zero-order valence-corrected chi connectivity index (χ0v) is 14.3. The van der Waals surface area contributed by atoms with Gasteiger partial charge in [0.1, 0.15) is 18.1 Å². The first kappa shape index (κ1) is 16.1. The van der Waals surface area contributed by atoms with Gasteiger partial charge in [0.2, 0.25) is 5.91 Å². The molecule has 6 nitrogen and oxygen atoms in total. The molecule has 4 rings (SSSR count). The van der Waals surface area contributed by atoms with Crippen molar-refractivity contribution < 1.29 is 14.6 Å². The number of aryl methyl sites for hydroxylation is 1. The summed E-state index contributed by atoms with van der Waals surface area (Å²) in [5.41, 5.74) is 2.29. The average molecular weight is 341 g/mol. The van der Waals surface area contributed by atoms with E-state index in [1.165, 1.54) is 5.56 Å². The molecule has 2 heterocycles. The Kier molecular flexibility index (Phi) is 4.21. The number of fused-ring (bicyclic) bond motifs is 1. The van der Waals surface area contributed by atoms with Crippen LogP contribution in [-0.4, -0.2) is 33.3 Å². The number of imidazole rings is 1. The number of aliphatic hydroxyl groups excluding tert-OH is 1. The number of benzene rings is 1. The molecular weight excluding hydrogens is 318 g/mol. The van der Waals surface area contributed by atoms with Crippen LogP contribution in [0.5, 0.6) is 5.75 Å². The van der Waals surface area contributed by atoms with Gasteiger partial charge in [0.05, 0.1) is 18.8 Å². The molecule has 25 heavy (non-hydrogen) atoms. The standard InChI is InChI=1S/C19H23N3O3/c1-12-20-5-6-22(12)11-18(24)21-19(15-9-16(23)10-15)14-2-3-17-13(8-14)4-7-25-17/h2-3,5-6,8,15-16,19,23H,4,7,9-11H2,1H3,(H,21,24)/t15?,16?,19-/m1/s1. The van der Waals surface area contributed by atoms with E-state index in [-0.39, 0.29) is 30.5 Å². The molecule has 1 aromatic carbocycles. The first-order valence-corrected chi connectivity index (χ1v) is 8.81. The molecule has 2 aromatic rings. The molecule has 0 spiro atoms. The number of hydrogen-bond acceptors (Lipinski definition) is 4. The van der Waals surface area contributed by atoms with Crippen LogP contribution in [0.2, 0.25) is 0 Å². The molecule has 132 valence electrons. The monoisotopic (exact) mass is 341 g/mol. The number of aromatic nitrogens is 2. The molecule has 1 amide bonds. The number of amides is 1. The van der Waals surface area contributed by atoms with E-state index < -0.39 is 0 Å². The fourth-order valence-corrected chi connectivity index (χ4v) is 3.72. The van der Waals surface area contributed by atoms with E-state index in [0.29, 0.717) is 0 Å². The Labute approximate surface area is 146 Å². The Morgan fingerprint density at radius 2 is 2.32 bits per heavy atom.